The van der Waals surface area contributed by atoms with Crippen LogP contribution in [-0.4, -0.2) is 11.1 Å². The standard InChI is InChI=1S/C8H4F4O2.C7H16/c9-6-3-4(8(10,11)12)1-2-5(6)7(13)14;1-3-5-7-6-4-2/h1-3H,(H,13,14);3-7H2,1-2H3. The predicted octanol–water partition coefficient (Wildman–Crippen LogP) is 5.52. The molecule has 0 aliphatic rings. The van der Waals surface area contributed by atoms with Crippen molar-refractivity contribution >= 4 is 5.97 Å². The predicted molar refractivity (Wildman–Crippen MR) is 72.8 cm³/mol. The maximum atomic E-state index is 12.8. The molecule has 2 nitrogen and oxygen atoms in total. The summed E-state index contributed by atoms with van der Waals surface area (Å²) < 4.78 is 48.7. The first kappa shape index (κ1) is 19.4. The van der Waals surface area contributed by atoms with E-state index in [9.17, 15) is 22.4 Å². The van der Waals surface area contributed by atoms with E-state index in [-0.39, 0.29) is 6.07 Å². The Bertz CT molecular complexity index is 438. The SMILES string of the molecule is CCCCCCC.O=C(O)c1ccc(C(F)(F)F)cc1F. The van der Waals surface area contributed by atoms with Crippen LogP contribution in [0.4, 0.5) is 17.6 Å². The number of halogens is 4. The van der Waals surface area contributed by atoms with Crippen molar-refractivity contribution in [2.75, 3.05) is 0 Å². The van der Waals surface area contributed by atoms with Gasteiger partial charge in [0.25, 0.3) is 0 Å². The summed E-state index contributed by atoms with van der Waals surface area (Å²) in [5.74, 6) is -3.00. The molecule has 0 spiro atoms. The van der Waals surface area contributed by atoms with E-state index in [1.165, 1.54) is 32.1 Å². The molecule has 0 unspecified atom stereocenters. The Hall–Kier alpha value is -1.59. The molecule has 0 aliphatic carbocycles. The van der Waals surface area contributed by atoms with Gasteiger partial charge in [-0.2, -0.15) is 13.2 Å². The van der Waals surface area contributed by atoms with Crippen molar-refractivity contribution in [3.8, 4) is 0 Å². The van der Waals surface area contributed by atoms with Crippen LogP contribution < -0.4 is 0 Å². The van der Waals surface area contributed by atoms with Gasteiger partial charge >= 0.3 is 12.1 Å². The molecule has 6 heteroatoms. The summed E-state index contributed by atoms with van der Waals surface area (Å²) in [5, 5.41) is 8.34. The van der Waals surface area contributed by atoms with Crippen LogP contribution in [0.3, 0.4) is 0 Å². The first-order chi connectivity index (χ1) is 9.73. The Morgan fingerprint density at radius 2 is 1.62 bits per heavy atom. The van der Waals surface area contributed by atoms with E-state index in [4.69, 9.17) is 5.11 Å². The lowest BCUT2D eigenvalue weighted by Crippen LogP contribution is -2.08. The molecular weight excluding hydrogens is 288 g/mol. The molecular formula is C15H20F4O2. The Kier molecular flexibility index (Phi) is 8.66. The van der Waals surface area contributed by atoms with Crippen molar-refractivity contribution in [1.29, 1.82) is 0 Å². The minimum absolute atomic E-state index is 0.156. The zero-order chi connectivity index (χ0) is 16.5. The third kappa shape index (κ3) is 7.68. The fourth-order valence-electron chi connectivity index (χ4n) is 1.54. The van der Waals surface area contributed by atoms with E-state index in [1.54, 1.807) is 0 Å². The van der Waals surface area contributed by atoms with E-state index in [2.05, 4.69) is 13.8 Å². The Balaban J connectivity index is 0.000000486. The minimum atomic E-state index is -4.67. The van der Waals surface area contributed by atoms with Gasteiger partial charge in [-0.3, -0.25) is 0 Å². The van der Waals surface area contributed by atoms with E-state index >= 15 is 0 Å². The monoisotopic (exact) mass is 308 g/mol. The average Bonchev–Trinajstić information content (AvgIpc) is 2.38. The number of hydrogen-bond acceptors (Lipinski definition) is 1. The molecule has 1 aromatic rings. The van der Waals surface area contributed by atoms with Crippen LogP contribution >= 0.6 is 0 Å². The smallest absolute Gasteiger partial charge is 0.416 e. The topological polar surface area (TPSA) is 37.3 Å². The maximum Gasteiger partial charge on any atom is 0.416 e. The van der Waals surface area contributed by atoms with Gasteiger partial charge in [0.1, 0.15) is 5.82 Å². The van der Waals surface area contributed by atoms with Crippen molar-refractivity contribution in [2.45, 2.75) is 52.1 Å². The minimum Gasteiger partial charge on any atom is -0.478 e. The molecule has 0 saturated heterocycles. The van der Waals surface area contributed by atoms with Crippen LogP contribution in [0.2, 0.25) is 0 Å². The summed E-state index contributed by atoms with van der Waals surface area (Å²) in [7, 11) is 0. The summed E-state index contributed by atoms with van der Waals surface area (Å²) in [6.07, 6.45) is 2.34. The van der Waals surface area contributed by atoms with E-state index in [1.807, 2.05) is 0 Å². The zero-order valence-corrected chi connectivity index (χ0v) is 12.1. The van der Waals surface area contributed by atoms with Gasteiger partial charge in [0.2, 0.25) is 0 Å². The molecule has 0 aliphatic heterocycles. The lowest BCUT2D eigenvalue weighted by molar-refractivity contribution is -0.137. The van der Waals surface area contributed by atoms with Gasteiger partial charge in [-0.05, 0) is 18.2 Å². The second-order valence-electron chi connectivity index (χ2n) is 4.56. The van der Waals surface area contributed by atoms with Gasteiger partial charge in [0.15, 0.2) is 0 Å². The number of carboxylic acid groups (broad SMARTS) is 1. The van der Waals surface area contributed by atoms with Gasteiger partial charge in [-0.25, -0.2) is 9.18 Å². The highest BCUT2D eigenvalue weighted by atomic mass is 19.4. The van der Waals surface area contributed by atoms with Crippen molar-refractivity contribution in [1.82, 2.24) is 0 Å². The summed E-state index contributed by atoms with van der Waals surface area (Å²) >= 11 is 0. The third-order valence-electron chi connectivity index (χ3n) is 2.73. The normalized spacial score (nSPS) is 10.8. The molecule has 0 saturated carbocycles. The molecule has 1 rings (SSSR count). The van der Waals surface area contributed by atoms with Crippen LogP contribution in [0, 0.1) is 5.82 Å². The summed E-state index contributed by atoms with van der Waals surface area (Å²) in [6, 6.07) is 1.26. The first-order valence-corrected chi connectivity index (χ1v) is 6.84. The molecule has 0 amide bonds. The molecule has 0 fully saturated rings. The molecule has 21 heavy (non-hydrogen) atoms. The number of aromatic carboxylic acids is 1. The highest BCUT2D eigenvalue weighted by Gasteiger charge is 2.31. The molecule has 0 atom stereocenters. The lowest BCUT2D eigenvalue weighted by Gasteiger charge is -2.06. The summed E-state index contributed by atoms with van der Waals surface area (Å²) in [5.41, 5.74) is -1.99. The van der Waals surface area contributed by atoms with Crippen molar-refractivity contribution in [2.24, 2.45) is 0 Å². The van der Waals surface area contributed by atoms with E-state index in [0.717, 1.165) is 0 Å². The summed E-state index contributed by atoms with van der Waals surface area (Å²) in [6.45, 7) is 4.49. The highest BCUT2D eigenvalue weighted by molar-refractivity contribution is 5.87. The number of rotatable bonds is 5. The highest BCUT2D eigenvalue weighted by Crippen LogP contribution is 2.30. The summed E-state index contributed by atoms with van der Waals surface area (Å²) in [4.78, 5) is 10.3. The van der Waals surface area contributed by atoms with Crippen molar-refractivity contribution in [3.63, 3.8) is 0 Å². The van der Waals surface area contributed by atoms with Gasteiger partial charge < -0.3 is 5.11 Å². The van der Waals surface area contributed by atoms with Gasteiger partial charge in [0.05, 0.1) is 11.1 Å². The quantitative estimate of drug-likeness (QED) is 0.574. The van der Waals surface area contributed by atoms with Crippen LogP contribution in [0.25, 0.3) is 0 Å². The second kappa shape index (κ2) is 9.37. The Morgan fingerprint density at radius 3 is 1.95 bits per heavy atom. The molecule has 1 N–H and O–H groups in total. The second-order valence-corrected chi connectivity index (χ2v) is 4.56. The fraction of sp³-hybridized carbons (Fsp3) is 0.533. The molecule has 0 bridgehead atoms. The first-order valence-electron chi connectivity index (χ1n) is 6.84. The molecule has 0 aromatic heterocycles. The molecule has 1 aromatic carbocycles. The van der Waals surface area contributed by atoms with Crippen molar-refractivity contribution in [3.05, 3.63) is 35.1 Å². The Labute approximate surface area is 121 Å². The van der Waals surface area contributed by atoms with Gasteiger partial charge in [-0.15, -0.1) is 0 Å². The van der Waals surface area contributed by atoms with Crippen LogP contribution in [0.5, 0.6) is 0 Å². The molecule has 0 radical (unpaired) electrons. The third-order valence-corrected chi connectivity index (χ3v) is 2.73. The number of hydrogen-bond donors (Lipinski definition) is 1. The number of carboxylic acids is 1. The number of carbonyl (C=O) groups is 1. The molecule has 0 heterocycles. The van der Waals surface area contributed by atoms with Gasteiger partial charge in [-0.1, -0.05) is 46.0 Å². The number of unbranched alkanes of at least 4 members (excludes halogenated alkanes) is 4. The lowest BCUT2D eigenvalue weighted by atomic mass is 10.1. The largest absolute Gasteiger partial charge is 0.478 e. The van der Waals surface area contributed by atoms with E-state index < -0.39 is 29.1 Å². The number of benzene rings is 1. The maximum absolute atomic E-state index is 12.8. The average molecular weight is 308 g/mol. The Morgan fingerprint density at radius 1 is 1.10 bits per heavy atom. The fourth-order valence-corrected chi connectivity index (χ4v) is 1.54. The molecule has 120 valence electrons. The van der Waals surface area contributed by atoms with Crippen LogP contribution in [0.1, 0.15) is 61.9 Å². The van der Waals surface area contributed by atoms with Crippen molar-refractivity contribution < 1.29 is 27.5 Å². The number of alkyl halides is 3. The van der Waals surface area contributed by atoms with E-state index in [0.29, 0.717) is 12.1 Å². The van der Waals surface area contributed by atoms with Gasteiger partial charge in [0, 0.05) is 0 Å². The van der Waals surface area contributed by atoms with Crippen LogP contribution in [-0.2, 0) is 6.18 Å². The van der Waals surface area contributed by atoms with Crippen LogP contribution in [0.15, 0.2) is 18.2 Å². The zero-order valence-electron chi connectivity index (χ0n) is 12.1.